The van der Waals surface area contributed by atoms with E-state index in [9.17, 15) is 4.79 Å². The number of benzene rings is 1. The third-order valence-electron chi connectivity index (χ3n) is 6.60. The summed E-state index contributed by atoms with van der Waals surface area (Å²) in [5.41, 5.74) is 5.70. The van der Waals surface area contributed by atoms with E-state index in [0.717, 1.165) is 34.4 Å². The zero-order valence-corrected chi connectivity index (χ0v) is 16.9. The van der Waals surface area contributed by atoms with Gasteiger partial charge in [-0.1, -0.05) is 24.3 Å². The van der Waals surface area contributed by atoms with Crippen molar-refractivity contribution in [1.82, 2.24) is 24.8 Å². The van der Waals surface area contributed by atoms with Gasteiger partial charge in [0.1, 0.15) is 11.7 Å². The number of hydrogen-bond donors (Lipinski definition) is 2. The number of nitrogens with one attached hydrogen (secondary N) is 2. The van der Waals surface area contributed by atoms with Gasteiger partial charge in [-0.25, -0.2) is 9.97 Å². The normalized spacial score (nSPS) is 17.2. The molecule has 1 aromatic carbocycles. The van der Waals surface area contributed by atoms with Crippen molar-refractivity contribution < 1.29 is 4.79 Å². The lowest BCUT2D eigenvalue weighted by atomic mass is 10.1. The molecule has 6 rings (SSSR count). The third-order valence-corrected chi connectivity index (χ3v) is 6.60. The molecule has 1 aliphatic carbocycles. The quantitative estimate of drug-likeness (QED) is 0.546. The van der Waals surface area contributed by atoms with E-state index in [1.54, 1.807) is 6.07 Å². The van der Waals surface area contributed by atoms with E-state index in [2.05, 4.69) is 38.1 Å². The molecule has 1 saturated carbocycles. The molecule has 1 fully saturated rings. The maximum absolute atomic E-state index is 13.1. The maximum Gasteiger partial charge on any atom is 0.270 e. The predicted molar refractivity (Wildman–Crippen MR) is 114 cm³/mol. The molecule has 6 nitrogen and oxygen atoms in total. The van der Waals surface area contributed by atoms with E-state index in [1.165, 1.54) is 25.0 Å². The van der Waals surface area contributed by atoms with E-state index in [4.69, 9.17) is 4.98 Å². The molecule has 3 aromatic heterocycles. The molecule has 1 atom stereocenters. The van der Waals surface area contributed by atoms with Crippen LogP contribution in [0.25, 0.3) is 10.9 Å². The van der Waals surface area contributed by atoms with Crippen molar-refractivity contribution in [2.24, 2.45) is 0 Å². The Balaban J connectivity index is 1.43. The van der Waals surface area contributed by atoms with Crippen LogP contribution in [0.4, 0.5) is 0 Å². The number of carbonyl (C=O) groups is 1. The van der Waals surface area contributed by atoms with Gasteiger partial charge in [-0.05, 0) is 62.3 Å². The van der Waals surface area contributed by atoms with Gasteiger partial charge in [0.25, 0.3) is 5.91 Å². The molecule has 4 heterocycles. The van der Waals surface area contributed by atoms with E-state index in [0.29, 0.717) is 5.69 Å². The molecule has 6 heteroatoms. The maximum atomic E-state index is 13.1. The summed E-state index contributed by atoms with van der Waals surface area (Å²) in [5.74, 6) is -0.191. The Labute approximate surface area is 174 Å². The third kappa shape index (κ3) is 2.67. The highest BCUT2D eigenvalue weighted by molar-refractivity contribution is 5.93. The Bertz CT molecular complexity index is 1250. The molecule has 0 bridgehead atoms. The summed E-state index contributed by atoms with van der Waals surface area (Å²) in [4.78, 5) is 25.8. The van der Waals surface area contributed by atoms with Crippen molar-refractivity contribution in [3.05, 3.63) is 83.3 Å². The molecule has 1 unspecified atom stereocenters. The Morgan fingerprint density at radius 2 is 2.03 bits per heavy atom. The molecule has 1 amide bonds. The van der Waals surface area contributed by atoms with Gasteiger partial charge in [0, 0.05) is 28.1 Å². The van der Waals surface area contributed by atoms with E-state index in [1.807, 2.05) is 37.5 Å². The Kier molecular flexibility index (Phi) is 3.66. The summed E-state index contributed by atoms with van der Waals surface area (Å²) < 4.78 is 2.36. The highest BCUT2D eigenvalue weighted by Crippen LogP contribution is 2.52. The lowest BCUT2D eigenvalue weighted by molar-refractivity contribution is 0.0936. The van der Waals surface area contributed by atoms with Crippen molar-refractivity contribution in [1.29, 1.82) is 0 Å². The predicted octanol–water partition coefficient (Wildman–Crippen LogP) is 4.02. The number of fused-ring (bicyclic) bond motifs is 3. The summed E-state index contributed by atoms with van der Waals surface area (Å²) in [6.45, 7) is 1.89. The number of aryl methyl sites for hydroxylation is 1. The van der Waals surface area contributed by atoms with Gasteiger partial charge in [-0.15, -0.1) is 0 Å². The van der Waals surface area contributed by atoms with Crippen LogP contribution in [0, 0.1) is 6.92 Å². The van der Waals surface area contributed by atoms with Crippen LogP contribution in [-0.4, -0.2) is 25.4 Å². The number of amides is 1. The molecular weight excluding hydrogens is 374 g/mol. The zero-order chi connectivity index (χ0) is 20.3. The minimum absolute atomic E-state index is 0.191. The first kappa shape index (κ1) is 17.4. The number of hydrogen-bond acceptors (Lipinski definition) is 3. The Morgan fingerprint density at radius 1 is 1.17 bits per heavy atom. The molecule has 2 aliphatic rings. The molecule has 0 radical (unpaired) electrons. The van der Waals surface area contributed by atoms with Crippen LogP contribution in [0.5, 0.6) is 0 Å². The number of para-hydroxylation sites is 1. The number of carbonyl (C=O) groups excluding carboxylic acids is 1. The number of H-pyrrole nitrogens is 1. The van der Waals surface area contributed by atoms with Crippen LogP contribution in [0.3, 0.4) is 0 Å². The molecule has 30 heavy (non-hydrogen) atoms. The summed E-state index contributed by atoms with van der Waals surface area (Å²) in [7, 11) is 0. The summed E-state index contributed by atoms with van der Waals surface area (Å²) in [6, 6.07) is 15.4. The minimum Gasteiger partial charge on any atom is -0.356 e. The molecule has 1 aliphatic heterocycles. The van der Waals surface area contributed by atoms with Gasteiger partial charge in [-0.2, -0.15) is 0 Å². The molecule has 4 aromatic rings. The Morgan fingerprint density at radius 3 is 2.83 bits per heavy atom. The van der Waals surface area contributed by atoms with Crippen LogP contribution in [0.15, 0.2) is 54.9 Å². The van der Waals surface area contributed by atoms with Crippen molar-refractivity contribution in [2.45, 2.75) is 44.2 Å². The smallest absolute Gasteiger partial charge is 0.270 e. The van der Waals surface area contributed by atoms with Gasteiger partial charge in [-0.3, -0.25) is 4.79 Å². The van der Waals surface area contributed by atoms with Gasteiger partial charge >= 0.3 is 0 Å². The van der Waals surface area contributed by atoms with E-state index in [-0.39, 0.29) is 17.5 Å². The number of pyridine rings is 1. The number of nitrogens with zero attached hydrogens (tertiary/aromatic N) is 3. The largest absolute Gasteiger partial charge is 0.356 e. The van der Waals surface area contributed by atoms with E-state index < -0.39 is 0 Å². The van der Waals surface area contributed by atoms with Gasteiger partial charge in [0.2, 0.25) is 0 Å². The standard InChI is InChI=1S/C24H23N5O/c1-15-5-4-8-18(26-15)23(30)28-21(19-13-16-6-2-3-7-17(16)27-19)22-20-9-10-24(11-12-24)29(20)14-25-22/h2-8,13-14,21,27H,9-12H2,1H3,(H,28,30). The Hall–Kier alpha value is -3.41. The zero-order valence-electron chi connectivity index (χ0n) is 16.9. The monoisotopic (exact) mass is 397 g/mol. The minimum atomic E-state index is -0.350. The van der Waals surface area contributed by atoms with Gasteiger partial charge in [0.05, 0.1) is 12.0 Å². The van der Waals surface area contributed by atoms with Crippen LogP contribution >= 0.6 is 0 Å². The first-order valence-electron chi connectivity index (χ1n) is 10.5. The first-order valence-corrected chi connectivity index (χ1v) is 10.5. The molecular formula is C24H23N5O. The lowest BCUT2D eigenvalue weighted by Gasteiger charge is -2.17. The number of aromatic nitrogens is 4. The molecule has 0 saturated heterocycles. The van der Waals surface area contributed by atoms with Crippen LogP contribution in [0.2, 0.25) is 0 Å². The van der Waals surface area contributed by atoms with Crippen molar-refractivity contribution in [3.8, 4) is 0 Å². The molecule has 2 N–H and O–H groups in total. The van der Waals surface area contributed by atoms with Gasteiger partial charge < -0.3 is 14.9 Å². The second-order valence-corrected chi connectivity index (χ2v) is 8.55. The second-order valence-electron chi connectivity index (χ2n) is 8.55. The average Bonchev–Trinajstić information content (AvgIpc) is 3.09. The van der Waals surface area contributed by atoms with Crippen LogP contribution < -0.4 is 5.32 Å². The fraction of sp³-hybridized carbons (Fsp3) is 0.292. The fourth-order valence-corrected chi connectivity index (χ4v) is 4.81. The van der Waals surface area contributed by atoms with Crippen LogP contribution in [0.1, 0.15) is 58.6 Å². The van der Waals surface area contributed by atoms with Crippen molar-refractivity contribution in [3.63, 3.8) is 0 Å². The fourth-order valence-electron chi connectivity index (χ4n) is 4.81. The average molecular weight is 397 g/mol. The summed E-state index contributed by atoms with van der Waals surface area (Å²) in [5, 5.41) is 4.33. The SMILES string of the molecule is Cc1cccc(C(=O)NC(c2cc3ccccc3[nH]2)c2ncn3c2CCC32CC2)n1. The van der Waals surface area contributed by atoms with Crippen molar-refractivity contribution in [2.75, 3.05) is 0 Å². The lowest BCUT2D eigenvalue weighted by Crippen LogP contribution is -2.31. The molecule has 1 spiro atoms. The summed E-state index contributed by atoms with van der Waals surface area (Å²) >= 11 is 0. The number of imidazole rings is 1. The van der Waals surface area contributed by atoms with Gasteiger partial charge in [0.15, 0.2) is 0 Å². The molecule has 150 valence electrons. The number of rotatable bonds is 4. The summed E-state index contributed by atoms with van der Waals surface area (Å²) in [6.07, 6.45) is 6.60. The highest BCUT2D eigenvalue weighted by Gasteiger charge is 2.49. The second kappa shape index (κ2) is 6.29. The van der Waals surface area contributed by atoms with E-state index >= 15 is 0 Å². The van der Waals surface area contributed by atoms with Crippen LogP contribution in [-0.2, 0) is 12.0 Å². The number of aromatic amines is 1. The van der Waals surface area contributed by atoms with Crippen molar-refractivity contribution >= 4 is 16.8 Å². The highest BCUT2D eigenvalue weighted by atomic mass is 16.1. The topological polar surface area (TPSA) is 75.6 Å². The first-order chi connectivity index (χ1) is 14.6.